The number of methoxy groups -OCH3 is 1. The van der Waals surface area contributed by atoms with E-state index in [-0.39, 0.29) is 24.1 Å². The van der Waals surface area contributed by atoms with E-state index in [4.69, 9.17) is 4.74 Å². The standard InChI is InChI=1S/C34H45F3N6O3/c1-20-8-9-25-27(23-10-11-38-17-23)28(32(45)39-18-24-26(46-7)16-21(2)40-31(24)44)30(33(4,5)6)43(25)29(20)22(3)42-14-12-41(13-15-42)19-34(35,36)37/h8-9,16-17,22,38H,10-15,18-19H2,1-7H3,(H,39,45)(H,40,44). The number of carbonyl (C=O) groups excluding carboxylic acids is 1. The summed E-state index contributed by atoms with van der Waals surface area (Å²) >= 11 is 0. The van der Waals surface area contributed by atoms with Gasteiger partial charge in [-0.2, -0.15) is 13.2 Å². The molecule has 46 heavy (non-hydrogen) atoms. The number of amides is 1. The monoisotopic (exact) mass is 642 g/mol. The van der Waals surface area contributed by atoms with Crippen molar-refractivity contribution in [2.24, 2.45) is 0 Å². The number of piperazine rings is 1. The summed E-state index contributed by atoms with van der Waals surface area (Å²) in [5, 5.41) is 6.33. The van der Waals surface area contributed by atoms with Crippen LogP contribution in [0.5, 0.6) is 5.75 Å². The van der Waals surface area contributed by atoms with Crippen LogP contribution in [0.3, 0.4) is 0 Å². The summed E-state index contributed by atoms with van der Waals surface area (Å²) in [4.78, 5) is 33.7. The third kappa shape index (κ3) is 6.69. The molecule has 1 atom stereocenters. The van der Waals surface area contributed by atoms with Gasteiger partial charge in [0, 0.05) is 73.0 Å². The van der Waals surface area contributed by atoms with Crippen molar-refractivity contribution >= 4 is 17.0 Å². The average Bonchev–Trinajstić information content (AvgIpc) is 3.61. The van der Waals surface area contributed by atoms with Crippen molar-refractivity contribution in [3.8, 4) is 5.75 Å². The highest BCUT2D eigenvalue weighted by Gasteiger charge is 2.37. The first-order chi connectivity index (χ1) is 21.6. The Morgan fingerprint density at radius 2 is 1.80 bits per heavy atom. The lowest BCUT2D eigenvalue weighted by Crippen LogP contribution is -2.50. The molecule has 0 radical (unpaired) electrons. The van der Waals surface area contributed by atoms with Crippen LogP contribution in [-0.4, -0.2) is 77.6 Å². The molecule has 250 valence electrons. The number of hydrogen-bond donors (Lipinski definition) is 3. The number of aromatic amines is 1. The van der Waals surface area contributed by atoms with E-state index in [0.29, 0.717) is 48.7 Å². The fourth-order valence-electron chi connectivity index (χ4n) is 6.94. The number of hydrogen-bond acceptors (Lipinski definition) is 6. The number of alkyl halides is 3. The van der Waals surface area contributed by atoms with Crippen molar-refractivity contribution in [3.63, 3.8) is 0 Å². The fraction of sp³-hybridized carbons (Fsp3) is 0.529. The van der Waals surface area contributed by atoms with Crippen LogP contribution in [0.25, 0.3) is 11.1 Å². The summed E-state index contributed by atoms with van der Waals surface area (Å²) in [5.74, 6) is 0.111. The van der Waals surface area contributed by atoms with E-state index in [2.05, 4.69) is 64.7 Å². The Kier molecular flexibility index (Phi) is 9.34. The normalized spacial score (nSPS) is 17.2. The molecule has 1 saturated heterocycles. The lowest BCUT2D eigenvalue weighted by Gasteiger charge is -2.39. The van der Waals surface area contributed by atoms with Crippen LogP contribution in [0.1, 0.15) is 84.3 Å². The van der Waals surface area contributed by atoms with Crippen molar-refractivity contribution in [1.82, 2.24) is 29.8 Å². The zero-order valence-corrected chi connectivity index (χ0v) is 27.7. The second-order valence-electron chi connectivity index (χ2n) is 13.5. The molecule has 0 aliphatic carbocycles. The summed E-state index contributed by atoms with van der Waals surface area (Å²) in [6.45, 7) is 13.6. The second-order valence-corrected chi connectivity index (χ2v) is 13.5. The Morgan fingerprint density at radius 3 is 2.39 bits per heavy atom. The lowest BCUT2D eigenvalue weighted by atomic mass is 9.86. The van der Waals surface area contributed by atoms with E-state index in [0.717, 1.165) is 46.6 Å². The molecule has 0 bridgehead atoms. The zero-order valence-electron chi connectivity index (χ0n) is 27.7. The van der Waals surface area contributed by atoms with Gasteiger partial charge in [0.05, 0.1) is 36.8 Å². The number of halogens is 3. The molecule has 0 saturated carbocycles. The van der Waals surface area contributed by atoms with Gasteiger partial charge in [-0.3, -0.25) is 19.4 Å². The molecule has 3 aromatic heterocycles. The summed E-state index contributed by atoms with van der Waals surface area (Å²) in [7, 11) is 1.50. The molecule has 1 amide bonds. The topological polar surface area (TPSA) is 94.1 Å². The molecule has 2 aliphatic heterocycles. The number of H-pyrrole nitrogens is 1. The van der Waals surface area contributed by atoms with Crippen molar-refractivity contribution in [2.45, 2.75) is 72.1 Å². The molecule has 5 rings (SSSR count). The molecule has 1 fully saturated rings. The number of nitrogens with zero attached hydrogens (tertiary/aromatic N) is 3. The maximum absolute atomic E-state index is 14.4. The van der Waals surface area contributed by atoms with Gasteiger partial charge in [0.1, 0.15) is 5.75 Å². The minimum atomic E-state index is -4.22. The highest BCUT2D eigenvalue weighted by Crippen LogP contribution is 2.41. The molecule has 3 N–H and O–H groups in total. The third-order valence-electron chi connectivity index (χ3n) is 9.05. The van der Waals surface area contributed by atoms with E-state index < -0.39 is 18.1 Å². The summed E-state index contributed by atoms with van der Waals surface area (Å²) in [5.41, 5.74) is 6.40. The zero-order chi connectivity index (χ0) is 33.6. The van der Waals surface area contributed by atoms with Crippen LogP contribution >= 0.6 is 0 Å². The number of pyridine rings is 2. The van der Waals surface area contributed by atoms with Crippen molar-refractivity contribution in [1.29, 1.82) is 0 Å². The van der Waals surface area contributed by atoms with Gasteiger partial charge in [-0.1, -0.05) is 26.8 Å². The predicted octanol–water partition coefficient (Wildman–Crippen LogP) is 5.06. The highest BCUT2D eigenvalue weighted by atomic mass is 19.4. The highest BCUT2D eigenvalue weighted by molar-refractivity contribution is 6.05. The van der Waals surface area contributed by atoms with Gasteiger partial charge in [-0.15, -0.1) is 0 Å². The van der Waals surface area contributed by atoms with Crippen LogP contribution in [0, 0.1) is 13.8 Å². The first-order valence-corrected chi connectivity index (χ1v) is 15.8. The Morgan fingerprint density at radius 1 is 1.11 bits per heavy atom. The van der Waals surface area contributed by atoms with Crippen LogP contribution in [0.15, 0.2) is 29.2 Å². The fourth-order valence-corrected chi connectivity index (χ4v) is 6.94. The third-order valence-corrected chi connectivity index (χ3v) is 9.05. The van der Waals surface area contributed by atoms with Crippen molar-refractivity contribution < 1.29 is 22.7 Å². The van der Waals surface area contributed by atoms with Gasteiger partial charge in [-0.05, 0) is 50.5 Å². The van der Waals surface area contributed by atoms with Gasteiger partial charge in [0.15, 0.2) is 0 Å². The Bertz CT molecular complexity index is 1710. The molecule has 2 aliphatic rings. The van der Waals surface area contributed by atoms with Crippen LogP contribution in [0.2, 0.25) is 0 Å². The molecule has 0 spiro atoms. The molecule has 3 aromatic rings. The largest absolute Gasteiger partial charge is 0.496 e. The Labute approximate surface area is 267 Å². The minimum absolute atomic E-state index is 0.0192. The van der Waals surface area contributed by atoms with Gasteiger partial charge < -0.3 is 24.8 Å². The van der Waals surface area contributed by atoms with Crippen LogP contribution in [0.4, 0.5) is 13.2 Å². The van der Waals surface area contributed by atoms with E-state index >= 15 is 0 Å². The van der Waals surface area contributed by atoms with Gasteiger partial charge >= 0.3 is 6.18 Å². The SMILES string of the molecule is COc1cc(C)[nH]c(=O)c1CNC(=O)c1c(C2=CNCC2)c2ccc(C)c(C(C)N3CCN(CC(F)(F)F)CC3)n2c1C(C)(C)C. The molecule has 5 heterocycles. The smallest absolute Gasteiger partial charge is 0.401 e. The number of ether oxygens (including phenoxy) is 1. The first kappa shape index (κ1) is 33.6. The molecule has 9 nitrogen and oxygen atoms in total. The molecule has 0 aromatic carbocycles. The number of nitrogens with one attached hydrogen (secondary N) is 3. The number of aryl methyl sites for hydroxylation is 2. The minimum Gasteiger partial charge on any atom is -0.496 e. The molecular formula is C34H45F3N6O3. The number of fused-ring (bicyclic) bond motifs is 1. The number of rotatable bonds is 8. The lowest BCUT2D eigenvalue weighted by molar-refractivity contribution is -0.149. The van der Waals surface area contributed by atoms with E-state index in [9.17, 15) is 22.8 Å². The van der Waals surface area contributed by atoms with E-state index in [1.54, 1.807) is 13.0 Å². The Hall–Kier alpha value is -3.77. The molecule has 12 heteroatoms. The van der Waals surface area contributed by atoms with Gasteiger partial charge in [-0.25, -0.2) is 0 Å². The summed E-state index contributed by atoms with van der Waals surface area (Å²) in [6, 6.07) is 5.73. The quantitative estimate of drug-likeness (QED) is 0.319. The van der Waals surface area contributed by atoms with Gasteiger partial charge in [0.25, 0.3) is 11.5 Å². The molecular weight excluding hydrogens is 597 g/mol. The van der Waals surface area contributed by atoms with Crippen molar-refractivity contribution in [3.05, 3.63) is 74.1 Å². The average molecular weight is 643 g/mol. The van der Waals surface area contributed by atoms with E-state index in [1.165, 1.54) is 12.0 Å². The number of aromatic nitrogens is 2. The maximum atomic E-state index is 14.4. The van der Waals surface area contributed by atoms with Crippen molar-refractivity contribution in [2.75, 3.05) is 46.4 Å². The predicted molar refractivity (Wildman–Crippen MR) is 173 cm³/mol. The summed E-state index contributed by atoms with van der Waals surface area (Å²) in [6.07, 6.45) is -1.51. The second kappa shape index (κ2) is 12.8. The summed E-state index contributed by atoms with van der Waals surface area (Å²) < 4.78 is 46.9. The van der Waals surface area contributed by atoms with E-state index in [1.807, 2.05) is 13.1 Å². The number of carbonyl (C=O) groups is 1. The first-order valence-electron chi connectivity index (χ1n) is 15.8. The van der Waals surface area contributed by atoms with Gasteiger partial charge in [0.2, 0.25) is 0 Å². The Balaban J connectivity index is 1.62. The van der Waals surface area contributed by atoms with Crippen LogP contribution in [-0.2, 0) is 12.0 Å². The maximum Gasteiger partial charge on any atom is 0.401 e. The van der Waals surface area contributed by atoms with Crippen LogP contribution < -0.4 is 20.9 Å². The molecule has 1 unspecified atom stereocenters.